The van der Waals surface area contributed by atoms with E-state index in [1.54, 1.807) is 0 Å². The highest BCUT2D eigenvalue weighted by molar-refractivity contribution is 5.96. The molecule has 0 bridgehead atoms. The molecular formula is C17H22ClF3N2O4. The quantitative estimate of drug-likeness (QED) is 0.703. The third-order valence-electron chi connectivity index (χ3n) is 4.35. The number of nitrogens with one attached hydrogen (secondary N) is 1. The molecule has 0 heterocycles. The molecule has 0 unspecified atom stereocenters. The predicted molar refractivity (Wildman–Crippen MR) is 95.1 cm³/mol. The Morgan fingerprint density at radius 3 is 2.59 bits per heavy atom. The summed E-state index contributed by atoms with van der Waals surface area (Å²) in [6, 6.07) is 3.78. The molecule has 6 nitrogen and oxygen atoms in total. The summed E-state index contributed by atoms with van der Waals surface area (Å²) in [5, 5.41) is 2.60. The fraction of sp³-hybridized carbons (Fsp3) is 0.529. The number of alkyl halides is 3. The molecule has 0 spiro atoms. The van der Waals surface area contributed by atoms with Crippen molar-refractivity contribution in [2.45, 2.75) is 25.4 Å². The van der Waals surface area contributed by atoms with Gasteiger partial charge in [-0.2, -0.15) is 13.2 Å². The van der Waals surface area contributed by atoms with Crippen LogP contribution in [0.4, 0.5) is 18.9 Å². The summed E-state index contributed by atoms with van der Waals surface area (Å²) in [5.74, 6) is -1.54. The van der Waals surface area contributed by atoms with E-state index in [1.807, 2.05) is 0 Å². The number of carbonyl (C=O) groups is 2. The number of methoxy groups -OCH3 is 1. The number of ether oxygens (including phenoxy) is 2. The smallest absolute Gasteiger partial charge is 0.422 e. The van der Waals surface area contributed by atoms with Gasteiger partial charge in [-0.05, 0) is 43.5 Å². The Hall–Kier alpha value is -2.00. The molecule has 0 saturated heterocycles. The molecule has 1 aromatic carbocycles. The topological polar surface area (TPSA) is 90.7 Å². The zero-order chi connectivity index (χ0) is 19.3. The zero-order valence-corrected chi connectivity index (χ0v) is 15.5. The molecule has 1 aromatic rings. The monoisotopic (exact) mass is 410 g/mol. The van der Waals surface area contributed by atoms with E-state index in [-0.39, 0.29) is 47.2 Å². The largest absolute Gasteiger partial charge is 0.482 e. The minimum atomic E-state index is -4.56. The number of nitrogens with two attached hydrogens (primary N) is 1. The first-order valence-electron chi connectivity index (χ1n) is 8.18. The van der Waals surface area contributed by atoms with Gasteiger partial charge in [0.25, 0.3) is 0 Å². The van der Waals surface area contributed by atoms with Crippen molar-refractivity contribution < 1.29 is 32.2 Å². The maximum Gasteiger partial charge on any atom is 0.422 e. The summed E-state index contributed by atoms with van der Waals surface area (Å²) < 4.78 is 46.8. The number of hydrogen-bond acceptors (Lipinski definition) is 5. The molecule has 10 heteroatoms. The summed E-state index contributed by atoms with van der Waals surface area (Å²) in [5.41, 5.74) is 5.75. The highest BCUT2D eigenvalue weighted by atomic mass is 35.5. The number of carbonyl (C=O) groups excluding carboxylic acids is 2. The van der Waals surface area contributed by atoms with Gasteiger partial charge < -0.3 is 20.5 Å². The van der Waals surface area contributed by atoms with Crippen molar-refractivity contribution >= 4 is 30.0 Å². The lowest BCUT2D eigenvalue weighted by molar-refractivity contribution is -0.153. The van der Waals surface area contributed by atoms with E-state index in [1.165, 1.54) is 12.1 Å². The van der Waals surface area contributed by atoms with Crippen molar-refractivity contribution in [2.24, 2.45) is 17.6 Å². The van der Waals surface area contributed by atoms with Crippen molar-refractivity contribution in [3.8, 4) is 5.75 Å². The highest BCUT2D eigenvalue weighted by Crippen LogP contribution is 2.34. The van der Waals surface area contributed by atoms with Gasteiger partial charge in [0.2, 0.25) is 5.91 Å². The number of hydrogen-bond donors (Lipinski definition) is 2. The van der Waals surface area contributed by atoms with Crippen LogP contribution < -0.4 is 15.8 Å². The summed E-state index contributed by atoms with van der Waals surface area (Å²) in [7, 11) is 1.15. The van der Waals surface area contributed by atoms with Crippen molar-refractivity contribution in [1.82, 2.24) is 0 Å². The number of rotatable bonds is 6. The van der Waals surface area contributed by atoms with E-state index in [4.69, 9.17) is 10.5 Å². The van der Waals surface area contributed by atoms with Crippen LogP contribution in [0.15, 0.2) is 18.2 Å². The van der Waals surface area contributed by atoms with Crippen molar-refractivity contribution in [1.29, 1.82) is 0 Å². The Morgan fingerprint density at radius 1 is 1.30 bits per heavy atom. The first-order valence-corrected chi connectivity index (χ1v) is 8.18. The predicted octanol–water partition coefficient (Wildman–Crippen LogP) is 3.15. The van der Waals surface area contributed by atoms with Crippen molar-refractivity contribution in [3.05, 3.63) is 23.8 Å². The average Bonchev–Trinajstić information content (AvgIpc) is 3.08. The second-order valence-electron chi connectivity index (χ2n) is 6.13. The molecule has 1 saturated carbocycles. The Morgan fingerprint density at radius 2 is 2.00 bits per heavy atom. The third kappa shape index (κ3) is 6.28. The van der Waals surface area contributed by atoms with Crippen LogP contribution in [0.5, 0.6) is 5.75 Å². The minimum Gasteiger partial charge on any atom is -0.482 e. The van der Waals surface area contributed by atoms with E-state index in [2.05, 4.69) is 10.1 Å². The lowest BCUT2D eigenvalue weighted by Gasteiger charge is -2.19. The SMILES string of the molecule is COC(=O)c1ccc(NC(=O)[C@@H]2CCC[C@@H]2CN)c(OCC(F)(F)F)c1.Cl. The standard InChI is InChI=1S/C17H21F3N2O4.ClH/c1-25-16(24)10-5-6-13(14(7-10)26-9-17(18,19)20)22-15(23)12-4-2-3-11(12)8-21;/h5-7,11-12H,2-4,8-9,21H2,1H3,(H,22,23);1H/t11-,12-;/m1./s1. The van der Waals surface area contributed by atoms with Gasteiger partial charge in [0.05, 0.1) is 18.4 Å². The number of anilines is 1. The first kappa shape index (κ1) is 23.0. The zero-order valence-electron chi connectivity index (χ0n) is 14.7. The second-order valence-corrected chi connectivity index (χ2v) is 6.13. The summed E-state index contributed by atoms with van der Waals surface area (Å²) in [4.78, 5) is 24.1. The van der Waals surface area contributed by atoms with Gasteiger partial charge in [0, 0.05) is 5.92 Å². The lowest BCUT2D eigenvalue weighted by Crippen LogP contribution is -2.30. The van der Waals surface area contributed by atoms with Gasteiger partial charge in [-0.1, -0.05) is 6.42 Å². The number of esters is 1. The molecule has 1 aliphatic rings. The van der Waals surface area contributed by atoms with Gasteiger partial charge in [0.15, 0.2) is 6.61 Å². The van der Waals surface area contributed by atoms with Gasteiger partial charge in [-0.3, -0.25) is 4.79 Å². The van der Waals surface area contributed by atoms with Gasteiger partial charge in [-0.25, -0.2) is 4.79 Å². The Labute approximate surface area is 161 Å². The Bertz CT molecular complexity index is 670. The van der Waals surface area contributed by atoms with Gasteiger partial charge in [0.1, 0.15) is 5.75 Å². The van der Waals surface area contributed by atoms with Crippen molar-refractivity contribution in [2.75, 3.05) is 25.6 Å². The summed E-state index contributed by atoms with van der Waals surface area (Å²) in [6.07, 6.45) is -2.17. The fourth-order valence-electron chi connectivity index (χ4n) is 3.04. The van der Waals surface area contributed by atoms with E-state index in [9.17, 15) is 22.8 Å². The molecule has 2 rings (SSSR count). The van der Waals surface area contributed by atoms with E-state index >= 15 is 0 Å². The Kier molecular flexibility index (Phi) is 8.36. The molecule has 1 fully saturated rings. The van der Waals surface area contributed by atoms with E-state index in [0.29, 0.717) is 13.0 Å². The molecule has 27 heavy (non-hydrogen) atoms. The maximum atomic E-state index is 12.5. The van der Waals surface area contributed by atoms with E-state index < -0.39 is 18.8 Å². The van der Waals surface area contributed by atoms with Crippen LogP contribution in [0.1, 0.15) is 29.6 Å². The molecule has 0 aliphatic heterocycles. The third-order valence-corrected chi connectivity index (χ3v) is 4.35. The van der Waals surface area contributed by atoms with E-state index in [0.717, 1.165) is 26.0 Å². The molecule has 2 atom stereocenters. The Balaban J connectivity index is 0.00000364. The van der Waals surface area contributed by atoms with Crippen LogP contribution in [0, 0.1) is 11.8 Å². The molecule has 152 valence electrons. The van der Waals surface area contributed by atoms with Gasteiger partial charge >= 0.3 is 12.1 Å². The molecule has 0 radical (unpaired) electrons. The molecule has 0 aromatic heterocycles. The van der Waals surface area contributed by atoms with Crippen LogP contribution >= 0.6 is 12.4 Å². The van der Waals surface area contributed by atoms with Gasteiger partial charge in [-0.15, -0.1) is 12.4 Å². The van der Waals surface area contributed by atoms with Crippen LogP contribution in [0.25, 0.3) is 0 Å². The van der Waals surface area contributed by atoms with Crippen LogP contribution in [-0.4, -0.2) is 38.3 Å². The number of amides is 1. The average molecular weight is 411 g/mol. The summed E-state index contributed by atoms with van der Waals surface area (Å²) in [6.45, 7) is -1.17. The second kappa shape index (κ2) is 9.80. The normalized spacial score (nSPS) is 19.1. The highest BCUT2D eigenvalue weighted by Gasteiger charge is 2.33. The summed E-state index contributed by atoms with van der Waals surface area (Å²) >= 11 is 0. The fourth-order valence-corrected chi connectivity index (χ4v) is 3.04. The van der Waals surface area contributed by atoms with Crippen LogP contribution in [0.2, 0.25) is 0 Å². The van der Waals surface area contributed by atoms with Crippen LogP contribution in [0.3, 0.4) is 0 Å². The molecular weight excluding hydrogens is 389 g/mol. The van der Waals surface area contributed by atoms with Crippen LogP contribution in [-0.2, 0) is 9.53 Å². The van der Waals surface area contributed by atoms with Crippen molar-refractivity contribution in [3.63, 3.8) is 0 Å². The molecule has 1 aliphatic carbocycles. The number of halogens is 4. The minimum absolute atomic E-state index is 0. The maximum absolute atomic E-state index is 12.5. The first-order chi connectivity index (χ1) is 12.2. The lowest BCUT2D eigenvalue weighted by atomic mass is 9.95. The molecule has 3 N–H and O–H groups in total. The molecule has 1 amide bonds. The number of benzene rings is 1.